The minimum absolute atomic E-state index is 0.199. The zero-order valence-electron chi connectivity index (χ0n) is 15.9. The minimum atomic E-state index is -0.199. The van der Waals surface area contributed by atoms with Crippen LogP contribution in [-0.4, -0.2) is 36.3 Å². The summed E-state index contributed by atoms with van der Waals surface area (Å²) < 4.78 is 3.67. The lowest BCUT2D eigenvalue weighted by molar-refractivity contribution is 0.102. The van der Waals surface area contributed by atoms with Crippen LogP contribution in [0, 0.1) is 6.92 Å². The van der Waals surface area contributed by atoms with E-state index in [0.29, 0.717) is 32.8 Å². The Morgan fingerprint density at radius 3 is 2.90 bits per heavy atom. The van der Waals surface area contributed by atoms with E-state index in [-0.39, 0.29) is 5.91 Å². The summed E-state index contributed by atoms with van der Waals surface area (Å²) in [5.41, 5.74) is 2.30. The number of hydrogen-bond donors (Lipinski definition) is 2. The van der Waals surface area contributed by atoms with E-state index in [4.69, 9.17) is 11.6 Å². The SMILES string of the molecule is Cc1c(C(=O)Nc2ccn(-c3ccc(Cl)cc3-c3nn[nH]n3)n2)sc2ccc(Br)cc12. The summed E-state index contributed by atoms with van der Waals surface area (Å²) in [4.78, 5) is 13.6. The summed E-state index contributed by atoms with van der Waals surface area (Å²) in [7, 11) is 0. The summed E-state index contributed by atoms with van der Waals surface area (Å²) in [5, 5.41) is 23.1. The normalized spacial score (nSPS) is 11.2. The van der Waals surface area contributed by atoms with Crippen molar-refractivity contribution in [1.29, 1.82) is 0 Å². The van der Waals surface area contributed by atoms with Crippen LogP contribution in [0.25, 0.3) is 27.2 Å². The van der Waals surface area contributed by atoms with Crippen molar-refractivity contribution in [3.05, 3.63) is 68.6 Å². The molecule has 2 N–H and O–H groups in total. The highest BCUT2D eigenvalue weighted by Gasteiger charge is 2.18. The summed E-state index contributed by atoms with van der Waals surface area (Å²) in [6, 6.07) is 13.0. The number of hydrogen-bond acceptors (Lipinski definition) is 6. The highest BCUT2D eigenvalue weighted by Crippen LogP contribution is 2.33. The Bertz CT molecular complexity index is 1430. The fourth-order valence-corrected chi connectivity index (χ4v) is 4.89. The number of tetrazole rings is 1. The molecule has 0 saturated carbocycles. The van der Waals surface area contributed by atoms with E-state index in [0.717, 1.165) is 20.1 Å². The molecule has 0 bridgehead atoms. The van der Waals surface area contributed by atoms with Crippen LogP contribution in [-0.2, 0) is 0 Å². The fourth-order valence-electron chi connectivity index (χ4n) is 3.27. The molecular weight excluding hydrogens is 502 g/mol. The van der Waals surface area contributed by atoms with Crippen LogP contribution in [0.1, 0.15) is 15.2 Å². The Morgan fingerprint density at radius 1 is 1.23 bits per heavy atom. The van der Waals surface area contributed by atoms with Gasteiger partial charge in [-0.1, -0.05) is 27.5 Å². The maximum Gasteiger partial charge on any atom is 0.267 e. The molecule has 0 aliphatic heterocycles. The second-order valence-electron chi connectivity index (χ2n) is 6.69. The van der Waals surface area contributed by atoms with Gasteiger partial charge in [0.05, 0.1) is 16.1 Å². The Hall–Kier alpha value is -3.08. The number of nitrogens with one attached hydrogen (secondary N) is 2. The third-order valence-electron chi connectivity index (χ3n) is 4.73. The molecule has 0 aliphatic carbocycles. The lowest BCUT2D eigenvalue weighted by atomic mass is 10.1. The molecule has 0 spiro atoms. The third-order valence-corrected chi connectivity index (χ3v) is 6.73. The Labute approximate surface area is 193 Å². The van der Waals surface area contributed by atoms with E-state index >= 15 is 0 Å². The van der Waals surface area contributed by atoms with E-state index in [1.807, 2.05) is 25.1 Å². The molecule has 3 aromatic heterocycles. The van der Waals surface area contributed by atoms with Crippen LogP contribution in [0.4, 0.5) is 5.82 Å². The van der Waals surface area contributed by atoms with Crippen LogP contribution in [0.3, 0.4) is 0 Å². The Balaban J connectivity index is 1.45. The number of carbonyl (C=O) groups is 1. The van der Waals surface area contributed by atoms with E-state index in [1.165, 1.54) is 11.3 Å². The molecule has 8 nitrogen and oxygen atoms in total. The summed E-state index contributed by atoms with van der Waals surface area (Å²) in [6.45, 7) is 1.95. The molecule has 1 amide bonds. The predicted octanol–water partition coefficient (Wildman–Crippen LogP) is 5.24. The van der Waals surface area contributed by atoms with Crippen LogP contribution in [0.15, 0.2) is 53.1 Å². The fraction of sp³-hybridized carbons (Fsp3) is 0.0500. The second-order valence-corrected chi connectivity index (χ2v) is 9.10. The molecule has 5 aromatic rings. The van der Waals surface area contributed by atoms with Crippen molar-refractivity contribution in [2.45, 2.75) is 6.92 Å². The van der Waals surface area contributed by atoms with Crippen molar-refractivity contribution in [1.82, 2.24) is 30.4 Å². The first kappa shape index (κ1) is 19.9. The molecular formula is C20H13BrClN7OS. The standard InChI is InChI=1S/C20H13BrClN7OS/c1-10-13-8-11(21)2-5-16(13)31-18(10)20(30)23-17-6-7-29(26-17)15-4-3-12(22)9-14(15)19-24-27-28-25-19/h2-9H,1H3,(H,23,26,30)(H,24,25,27,28). The van der Waals surface area contributed by atoms with E-state index in [9.17, 15) is 4.79 Å². The van der Waals surface area contributed by atoms with Crippen LogP contribution in [0.5, 0.6) is 0 Å². The predicted molar refractivity (Wildman–Crippen MR) is 124 cm³/mol. The van der Waals surface area contributed by atoms with Gasteiger partial charge in [0.2, 0.25) is 5.82 Å². The van der Waals surface area contributed by atoms with Gasteiger partial charge >= 0.3 is 0 Å². The lowest BCUT2D eigenvalue weighted by Crippen LogP contribution is -2.12. The van der Waals surface area contributed by atoms with Gasteiger partial charge in [-0.25, -0.2) is 4.68 Å². The van der Waals surface area contributed by atoms with E-state index in [1.54, 1.807) is 35.1 Å². The average Bonchev–Trinajstić information content (AvgIpc) is 3.49. The van der Waals surface area contributed by atoms with Crippen molar-refractivity contribution in [2.24, 2.45) is 0 Å². The van der Waals surface area contributed by atoms with Gasteiger partial charge in [-0.15, -0.1) is 21.5 Å². The van der Waals surface area contributed by atoms with Crippen LogP contribution in [0.2, 0.25) is 5.02 Å². The average molecular weight is 515 g/mol. The zero-order chi connectivity index (χ0) is 21.5. The number of H-pyrrole nitrogens is 1. The van der Waals surface area contributed by atoms with Gasteiger partial charge in [-0.3, -0.25) is 4.79 Å². The number of amides is 1. The molecule has 3 heterocycles. The number of thiophene rings is 1. The Morgan fingerprint density at radius 2 is 2.10 bits per heavy atom. The number of aryl methyl sites for hydroxylation is 1. The second kappa shape index (κ2) is 7.88. The van der Waals surface area contributed by atoms with Gasteiger partial charge in [0.1, 0.15) is 0 Å². The monoisotopic (exact) mass is 513 g/mol. The highest BCUT2D eigenvalue weighted by atomic mass is 79.9. The van der Waals surface area contributed by atoms with Gasteiger partial charge < -0.3 is 5.32 Å². The maximum absolute atomic E-state index is 12.9. The summed E-state index contributed by atoms with van der Waals surface area (Å²) in [5.74, 6) is 0.622. The number of fused-ring (bicyclic) bond motifs is 1. The van der Waals surface area contributed by atoms with Crippen LogP contribution >= 0.6 is 38.9 Å². The zero-order valence-corrected chi connectivity index (χ0v) is 19.1. The van der Waals surface area contributed by atoms with Gasteiger partial charge in [0, 0.05) is 26.5 Å². The number of aromatic nitrogens is 6. The molecule has 0 atom stereocenters. The first-order valence-corrected chi connectivity index (χ1v) is 11.1. The Kier molecular flexibility index (Phi) is 5.05. The number of carbonyl (C=O) groups excluding carboxylic acids is 1. The molecule has 0 unspecified atom stereocenters. The molecule has 0 saturated heterocycles. The number of nitrogens with zero attached hydrogens (tertiary/aromatic N) is 5. The molecule has 31 heavy (non-hydrogen) atoms. The number of anilines is 1. The molecule has 11 heteroatoms. The van der Waals surface area contributed by atoms with Gasteiger partial charge in [0.15, 0.2) is 5.82 Å². The minimum Gasteiger partial charge on any atom is -0.304 e. The van der Waals surface area contributed by atoms with Crippen LogP contribution < -0.4 is 5.32 Å². The summed E-state index contributed by atoms with van der Waals surface area (Å²) >= 11 is 11.1. The number of aromatic amines is 1. The van der Waals surface area contributed by atoms with Crippen molar-refractivity contribution < 1.29 is 4.79 Å². The largest absolute Gasteiger partial charge is 0.304 e. The van der Waals surface area contributed by atoms with E-state index in [2.05, 4.69) is 47.0 Å². The third kappa shape index (κ3) is 3.73. The smallest absolute Gasteiger partial charge is 0.267 e. The van der Waals surface area contributed by atoms with Crippen molar-refractivity contribution >= 4 is 60.7 Å². The lowest BCUT2D eigenvalue weighted by Gasteiger charge is -2.07. The molecule has 0 aliphatic rings. The van der Waals surface area contributed by atoms with Crippen molar-refractivity contribution in [2.75, 3.05) is 5.32 Å². The molecule has 0 fully saturated rings. The maximum atomic E-state index is 12.9. The molecule has 5 rings (SSSR count). The van der Waals surface area contributed by atoms with Crippen molar-refractivity contribution in [3.8, 4) is 17.1 Å². The number of rotatable bonds is 4. The van der Waals surface area contributed by atoms with Gasteiger partial charge in [-0.05, 0) is 59.5 Å². The topological polar surface area (TPSA) is 101 Å². The van der Waals surface area contributed by atoms with E-state index < -0.39 is 0 Å². The first-order valence-electron chi connectivity index (χ1n) is 9.09. The summed E-state index contributed by atoms with van der Waals surface area (Å²) in [6.07, 6.45) is 1.75. The number of halogens is 2. The molecule has 2 aromatic carbocycles. The quantitative estimate of drug-likeness (QED) is 0.341. The van der Waals surface area contributed by atoms with Gasteiger partial charge in [0.25, 0.3) is 5.91 Å². The molecule has 154 valence electrons. The van der Waals surface area contributed by atoms with Crippen molar-refractivity contribution in [3.63, 3.8) is 0 Å². The molecule has 0 radical (unpaired) electrons. The number of benzene rings is 2. The highest BCUT2D eigenvalue weighted by molar-refractivity contribution is 9.10. The first-order chi connectivity index (χ1) is 15.0. The van der Waals surface area contributed by atoms with Gasteiger partial charge in [-0.2, -0.15) is 10.3 Å².